The van der Waals surface area contributed by atoms with Crippen molar-refractivity contribution in [1.29, 1.82) is 0 Å². The Balaban J connectivity index is 2.20. The molecule has 0 saturated heterocycles. The second kappa shape index (κ2) is 5.48. The van der Waals surface area contributed by atoms with Gasteiger partial charge in [0.2, 0.25) is 0 Å². The van der Waals surface area contributed by atoms with E-state index in [0.29, 0.717) is 0 Å². The van der Waals surface area contributed by atoms with Gasteiger partial charge >= 0.3 is 0 Å². The Morgan fingerprint density at radius 1 is 1.06 bits per heavy atom. The topological polar surface area (TPSA) is 26.0 Å². The third-order valence-electron chi connectivity index (χ3n) is 2.92. The van der Waals surface area contributed by atoms with Gasteiger partial charge in [0, 0.05) is 10.5 Å². The molecule has 0 aliphatic carbocycles. The molecular formula is C15H16BrN. The summed E-state index contributed by atoms with van der Waals surface area (Å²) in [6.45, 7) is 2.09. The highest BCUT2D eigenvalue weighted by molar-refractivity contribution is 9.10. The maximum Gasteiger partial charge on any atom is 0.0347 e. The maximum atomic E-state index is 6.27. The van der Waals surface area contributed by atoms with Crippen LogP contribution in [-0.4, -0.2) is 0 Å². The van der Waals surface area contributed by atoms with Crippen LogP contribution in [0.4, 0.5) is 0 Å². The fourth-order valence-corrected chi connectivity index (χ4v) is 2.49. The summed E-state index contributed by atoms with van der Waals surface area (Å²) in [5.74, 6) is 0. The Bertz CT molecular complexity index is 494. The van der Waals surface area contributed by atoms with Gasteiger partial charge in [-0.2, -0.15) is 0 Å². The molecule has 0 fully saturated rings. The van der Waals surface area contributed by atoms with Crippen LogP contribution in [0.5, 0.6) is 0 Å². The van der Waals surface area contributed by atoms with Crippen LogP contribution in [-0.2, 0) is 6.42 Å². The van der Waals surface area contributed by atoms with Crippen molar-refractivity contribution in [3.8, 4) is 0 Å². The van der Waals surface area contributed by atoms with Crippen molar-refractivity contribution in [3.05, 3.63) is 69.7 Å². The smallest absolute Gasteiger partial charge is 0.0347 e. The molecule has 2 aromatic carbocycles. The zero-order valence-electron chi connectivity index (χ0n) is 9.86. The Hall–Kier alpha value is -1.12. The summed E-state index contributed by atoms with van der Waals surface area (Å²) in [5.41, 5.74) is 9.94. The molecule has 0 heterocycles. The average Bonchev–Trinajstić information content (AvgIpc) is 2.34. The van der Waals surface area contributed by atoms with Gasteiger partial charge in [-0.1, -0.05) is 64.5 Å². The normalized spacial score (nSPS) is 12.4. The maximum absolute atomic E-state index is 6.27. The van der Waals surface area contributed by atoms with Crippen LogP contribution >= 0.6 is 15.9 Å². The van der Waals surface area contributed by atoms with E-state index in [1.165, 1.54) is 16.7 Å². The largest absolute Gasteiger partial charge is 0.324 e. The van der Waals surface area contributed by atoms with Crippen molar-refractivity contribution >= 4 is 15.9 Å². The van der Waals surface area contributed by atoms with E-state index < -0.39 is 0 Å². The number of hydrogen-bond donors (Lipinski definition) is 1. The van der Waals surface area contributed by atoms with E-state index in [-0.39, 0.29) is 6.04 Å². The minimum Gasteiger partial charge on any atom is -0.324 e. The third-order valence-corrected chi connectivity index (χ3v) is 4.00. The molecule has 0 aromatic heterocycles. The zero-order chi connectivity index (χ0) is 12.3. The highest BCUT2D eigenvalue weighted by atomic mass is 79.9. The van der Waals surface area contributed by atoms with E-state index in [4.69, 9.17) is 5.73 Å². The van der Waals surface area contributed by atoms with Gasteiger partial charge in [0.25, 0.3) is 0 Å². The molecule has 17 heavy (non-hydrogen) atoms. The van der Waals surface area contributed by atoms with E-state index in [1.807, 2.05) is 18.2 Å². The summed E-state index contributed by atoms with van der Waals surface area (Å²) in [5, 5.41) is 0. The number of benzene rings is 2. The SMILES string of the molecule is Cc1cccc(C(N)Cc2ccccc2)c1Br. The predicted octanol–water partition coefficient (Wildman–Crippen LogP) is 4.00. The van der Waals surface area contributed by atoms with Crippen molar-refractivity contribution in [3.63, 3.8) is 0 Å². The first-order valence-corrected chi connectivity index (χ1v) is 6.52. The number of aryl methyl sites for hydroxylation is 1. The molecule has 0 amide bonds. The monoisotopic (exact) mass is 289 g/mol. The Labute approximate surface area is 111 Å². The number of nitrogens with two attached hydrogens (primary N) is 1. The van der Waals surface area contributed by atoms with Crippen molar-refractivity contribution in [2.45, 2.75) is 19.4 Å². The van der Waals surface area contributed by atoms with E-state index in [2.05, 4.69) is 53.2 Å². The molecule has 0 aliphatic rings. The summed E-state index contributed by atoms with van der Waals surface area (Å²) < 4.78 is 1.13. The molecule has 2 aromatic rings. The number of halogens is 1. The highest BCUT2D eigenvalue weighted by Gasteiger charge is 2.11. The third kappa shape index (κ3) is 2.96. The second-order valence-electron chi connectivity index (χ2n) is 4.27. The molecule has 2 N–H and O–H groups in total. The zero-order valence-corrected chi connectivity index (χ0v) is 11.4. The fraction of sp³-hybridized carbons (Fsp3) is 0.200. The standard InChI is InChI=1S/C15H16BrN/c1-11-6-5-9-13(15(11)16)14(17)10-12-7-3-2-4-8-12/h2-9,14H,10,17H2,1H3. The summed E-state index contributed by atoms with van der Waals surface area (Å²) in [6, 6.07) is 16.6. The molecule has 1 nitrogen and oxygen atoms in total. The van der Waals surface area contributed by atoms with Crippen LogP contribution in [0, 0.1) is 6.92 Å². The minimum absolute atomic E-state index is 0.0340. The van der Waals surface area contributed by atoms with Crippen LogP contribution in [0.1, 0.15) is 22.7 Å². The first-order chi connectivity index (χ1) is 8.18. The Morgan fingerprint density at radius 3 is 2.47 bits per heavy atom. The lowest BCUT2D eigenvalue weighted by molar-refractivity contribution is 0.717. The van der Waals surface area contributed by atoms with E-state index in [1.54, 1.807) is 0 Å². The second-order valence-corrected chi connectivity index (χ2v) is 5.07. The van der Waals surface area contributed by atoms with Crippen molar-refractivity contribution in [2.75, 3.05) is 0 Å². The molecule has 0 spiro atoms. The van der Waals surface area contributed by atoms with Gasteiger partial charge in [0.05, 0.1) is 0 Å². The molecular weight excluding hydrogens is 274 g/mol. The van der Waals surface area contributed by atoms with Gasteiger partial charge < -0.3 is 5.73 Å². The molecule has 1 unspecified atom stereocenters. The minimum atomic E-state index is 0.0340. The lowest BCUT2D eigenvalue weighted by atomic mass is 9.98. The Kier molecular flexibility index (Phi) is 3.97. The summed E-state index contributed by atoms with van der Waals surface area (Å²) in [7, 11) is 0. The first-order valence-electron chi connectivity index (χ1n) is 5.73. The molecule has 2 rings (SSSR count). The van der Waals surface area contributed by atoms with Crippen LogP contribution < -0.4 is 5.73 Å². The molecule has 0 saturated carbocycles. The number of hydrogen-bond acceptors (Lipinski definition) is 1. The fourth-order valence-electron chi connectivity index (χ4n) is 1.93. The average molecular weight is 290 g/mol. The molecule has 2 heteroatoms. The van der Waals surface area contributed by atoms with Gasteiger partial charge in [-0.15, -0.1) is 0 Å². The lowest BCUT2D eigenvalue weighted by Gasteiger charge is -2.15. The molecule has 1 atom stereocenters. The molecule has 0 bridgehead atoms. The molecule has 0 radical (unpaired) electrons. The van der Waals surface area contributed by atoms with E-state index in [0.717, 1.165) is 10.9 Å². The van der Waals surface area contributed by atoms with Gasteiger partial charge in [-0.3, -0.25) is 0 Å². The van der Waals surface area contributed by atoms with Gasteiger partial charge in [0.15, 0.2) is 0 Å². The van der Waals surface area contributed by atoms with Crippen molar-refractivity contribution < 1.29 is 0 Å². The lowest BCUT2D eigenvalue weighted by Crippen LogP contribution is -2.14. The van der Waals surface area contributed by atoms with Crippen molar-refractivity contribution in [2.24, 2.45) is 5.73 Å². The first kappa shape index (κ1) is 12.3. The summed E-state index contributed by atoms with van der Waals surface area (Å²) >= 11 is 3.61. The van der Waals surface area contributed by atoms with Crippen LogP contribution in [0.15, 0.2) is 53.0 Å². The predicted molar refractivity (Wildman–Crippen MR) is 76.0 cm³/mol. The summed E-state index contributed by atoms with van der Waals surface area (Å²) in [4.78, 5) is 0. The van der Waals surface area contributed by atoms with E-state index in [9.17, 15) is 0 Å². The van der Waals surface area contributed by atoms with Crippen LogP contribution in [0.25, 0.3) is 0 Å². The van der Waals surface area contributed by atoms with Crippen molar-refractivity contribution in [1.82, 2.24) is 0 Å². The van der Waals surface area contributed by atoms with Crippen LogP contribution in [0.3, 0.4) is 0 Å². The van der Waals surface area contributed by atoms with Gasteiger partial charge in [-0.25, -0.2) is 0 Å². The quantitative estimate of drug-likeness (QED) is 0.908. The Morgan fingerprint density at radius 2 is 1.76 bits per heavy atom. The summed E-state index contributed by atoms with van der Waals surface area (Å²) in [6.07, 6.45) is 0.864. The molecule has 88 valence electrons. The van der Waals surface area contributed by atoms with Crippen LogP contribution in [0.2, 0.25) is 0 Å². The van der Waals surface area contributed by atoms with E-state index >= 15 is 0 Å². The number of rotatable bonds is 3. The van der Waals surface area contributed by atoms with Gasteiger partial charge in [0.1, 0.15) is 0 Å². The molecule has 0 aliphatic heterocycles. The highest BCUT2D eigenvalue weighted by Crippen LogP contribution is 2.27. The van der Waals surface area contributed by atoms with Gasteiger partial charge in [-0.05, 0) is 30.0 Å².